The van der Waals surface area contributed by atoms with Crippen molar-refractivity contribution in [2.45, 2.75) is 70.8 Å². The molecule has 1 aliphatic rings. The minimum atomic E-state index is -0.788. The smallest absolute Gasteiger partial charge is 0.248 e. The number of hydrogen-bond donors (Lipinski definition) is 3. The van der Waals surface area contributed by atoms with Gasteiger partial charge in [-0.2, -0.15) is 4.98 Å². The molecule has 1 saturated carbocycles. The largest absolute Gasteiger partial charge is 0.366 e. The molecular formula is C22H28FN5O4. The van der Waals surface area contributed by atoms with E-state index in [0.29, 0.717) is 5.82 Å². The molecule has 0 saturated heterocycles. The number of carbonyl (C=O) groups is 3. The maximum atomic E-state index is 14.0. The molecule has 0 aliphatic heterocycles. The number of hydrogen-bond acceptors (Lipinski definition) is 6. The van der Waals surface area contributed by atoms with Crippen molar-refractivity contribution in [3.05, 3.63) is 40.8 Å². The van der Waals surface area contributed by atoms with Crippen molar-refractivity contribution in [1.82, 2.24) is 15.5 Å². The lowest BCUT2D eigenvalue weighted by atomic mass is 9.89. The molecule has 1 heterocycles. The van der Waals surface area contributed by atoms with E-state index in [9.17, 15) is 18.8 Å². The summed E-state index contributed by atoms with van der Waals surface area (Å²) >= 11 is 0. The minimum absolute atomic E-state index is 0.0105. The fourth-order valence-corrected chi connectivity index (χ4v) is 4.01. The number of primary amides is 1. The first kappa shape index (κ1) is 23.4. The van der Waals surface area contributed by atoms with Gasteiger partial charge in [0.25, 0.3) is 0 Å². The van der Waals surface area contributed by atoms with E-state index < -0.39 is 23.2 Å². The number of aryl methyl sites for hydroxylation is 1. The molecule has 172 valence electrons. The predicted molar refractivity (Wildman–Crippen MR) is 114 cm³/mol. The lowest BCUT2D eigenvalue weighted by Gasteiger charge is -2.30. The second-order valence-corrected chi connectivity index (χ2v) is 8.23. The molecule has 0 unspecified atom stereocenters. The summed E-state index contributed by atoms with van der Waals surface area (Å²) in [5, 5.41) is 9.70. The molecule has 10 heteroatoms. The Morgan fingerprint density at radius 3 is 2.50 bits per heavy atom. The fourth-order valence-electron chi connectivity index (χ4n) is 4.01. The summed E-state index contributed by atoms with van der Waals surface area (Å²) in [5.41, 5.74) is 4.90. The van der Waals surface area contributed by atoms with Crippen molar-refractivity contribution >= 4 is 23.4 Å². The highest BCUT2D eigenvalue weighted by atomic mass is 19.1. The van der Waals surface area contributed by atoms with E-state index in [1.165, 1.54) is 19.9 Å². The Kier molecular flexibility index (Phi) is 7.22. The van der Waals surface area contributed by atoms with Gasteiger partial charge < -0.3 is 20.9 Å². The average Bonchev–Trinajstić information content (AvgIpc) is 3.09. The number of anilines is 1. The van der Waals surface area contributed by atoms with Gasteiger partial charge >= 0.3 is 0 Å². The van der Waals surface area contributed by atoms with Gasteiger partial charge in [-0.1, -0.05) is 30.8 Å². The molecule has 0 spiro atoms. The van der Waals surface area contributed by atoms with E-state index in [2.05, 4.69) is 20.8 Å². The number of halogens is 1. The zero-order valence-electron chi connectivity index (χ0n) is 18.3. The van der Waals surface area contributed by atoms with E-state index in [0.717, 1.165) is 44.6 Å². The van der Waals surface area contributed by atoms with Crippen molar-refractivity contribution in [3.63, 3.8) is 0 Å². The Morgan fingerprint density at radius 1 is 1.19 bits per heavy atom. The lowest BCUT2D eigenvalue weighted by Crippen LogP contribution is -2.45. The molecule has 1 aromatic heterocycles. The highest BCUT2D eigenvalue weighted by Crippen LogP contribution is 2.34. The zero-order valence-corrected chi connectivity index (χ0v) is 18.3. The number of aromatic nitrogens is 2. The summed E-state index contributed by atoms with van der Waals surface area (Å²) in [7, 11) is 0. The van der Waals surface area contributed by atoms with Gasteiger partial charge in [-0.3, -0.25) is 14.4 Å². The Balaban J connectivity index is 1.68. The third-order valence-electron chi connectivity index (χ3n) is 5.74. The molecule has 3 rings (SSSR count). The van der Waals surface area contributed by atoms with Crippen LogP contribution in [0.15, 0.2) is 16.7 Å². The van der Waals surface area contributed by atoms with Gasteiger partial charge in [0.1, 0.15) is 11.4 Å². The first-order chi connectivity index (χ1) is 15.2. The number of nitrogens with one attached hydrogen (secondary N) is 2. The van der Waals surface area contributed by atoms with E-state index in [1.807, 2.05) is 0 Å². The van der Waals surface area contributed by atoms with Gasteiger partial charge in [-0.05, 0) is 31.9 Å². The monoisotopic (exact) mass is 445 g/mol. The molecule has 3 amide bonds. The zero-order chi connectivity index (χ0) is 23.3. The first-order valence-corrected chi connectivity index (χ1v) is 10.7. The van der Waals surface area contributed by atoms with Crippen LogP contribution in [-0.2, 0) is 21.5 Å². The Labute approximate surface area is 185 Å². The van der Waals surface area contributed by atoms with E-state index in [1.54, 1.807) is 0 Å². The maximum Gasteiger partial charge on any atom is 0.248 e. The lowest BCUT2D eigenvalue weighted by molar-refractivity contribution is -0.121. The predicted octanol–water partition coefficient (Wildman–Crippen LogP) is 2.87. The van der Waals surface area contributed by atoms with Gasteiger partial charge in [0, 0.05) is 36.6 Å². The van der Waals surface area contributed by atoms with Crippen LogP contribution in [0.2, 0.25) is 0 Å². The van der Waals surface area contributed by atoms with Crippen LogP contribution in [0, 0.1) is 12.7 Å². The van der Waals surface area contributed by atoms with Crippen LogP contribution in [0.25, 0.3) is 0 Å². The van der Waals surface area contributed by atoms with Gasteiger partial charge in [0.05, 0.1) is 0 Å². The fraction of sp³-hybridized carbons (Fsp3) is 0.500. The van der Waals surface area contributed by atoms with Crippen molar-refractivity contribution in [3.8, 4) is 0 Å². The Hall–Kier alpha value is -3.30. The molecule has 0 atom stereocenters. The number of rotatable bonds is 7. The SMILES string of the molecule is CC(=O)NC1(c2noc(CCC(=O)Nc3cc(C(N)=O)cc(F)c3C)n2)CCCCCC1. The molecule has 0 radical (unpaired) electrons. The standard InChI is InChI=1S/C22H28FN5O4/c1-13-16(23)11-15(20(24)31)12-17(13)25-18(30)7-8-19-26-21(28-32-19)22(27-14(2)29)9-5-3-4-6-10-22/h11-12H,3-10H2,1-2H3,(H2,24,31)(H,25,30)(H,27,29). The van der Waals surface area contributed by atoms with Gasteiger partial charge in [-0.25, -0.2) is 4.39 Å². The topological polar surface area (TPSA) is 140 Å². The summed E-state index contributed by atoms with van der Waals surface area (Å²) in [6.07, 6.45) is 5.72. The van der Waals surface area contributed by atoms with E-state index in [-0.39, 0.29) is 41.5 Å². The normalized spacial score (nSPS) is 15.6. The summed E-state index contributed by atoms with van der Waals surface area (Å²) in [5.74, 6) is -1.28. The summed E-state index contributed by atoms with van der Waals surface area (Å²) in [6, 6.07) is 2.37. The molecule has 1 aromatic carbocycles. The van der Waals surface area contributed by atoms with Crippen LogP contribution in [0.3, 0.4) is 0 Å². The maximum absolute atomic E-state index is 14.0. The highest BCUT2D eigenvalue weighted by molar-refractivity contribution is 5.97. The molecular weight excluding hydrogens is 417 g/mol. The van der Waals surface area contributed by atoms with Crippen LogP contribution in [0.4, 0.5) is 10.1 Å². The van der Waals surface area contributed by atoms with Crippen LogP contribution in [-0.4, -0.2) is 27.9 Å². The van der Waals surface area contributed by atoms with Crippen molar-refractivity contribution in [2.75, 3.05) is 5.32 Å². The Morgan fingerprint density at radius 2 is 1.88 bits per heavy atom. The number of nitrogens with zero attached hydrogens (tertiary/aromatic N) is 2. The molecule has 4 N–H and O–H groups in total. The molecule has 0 bridgehead atoms. The second kappa shape index (κ2) is 9.88. The van der Waals surface area contributed by atoms with Crippen LogP contribution in [0.5, 0.6) is 0 Å². The van der Waals surface area contributed by atoms with Crippen molar-refractivity contribution < 1.29 is 23.3 Å². The van der Waals surface area contributed by atoms with Crippen molar-refractivity contribution in [2.24, 2.45) is 5.73 Å². The van der Waals surface area contributed by atoms with Gasteiger partial charge in [-0.15, -0.1) is 0 Å². The number of nitrogens with two attached hydrogens (primary N) is 1. The molecule has 9 nitrogen and oxygen atoms in total. The van der Waals surface area contributed by atoms with Gasteiger partial charge in [0.15, 0.2) is 5.82 Å². The number of amides is 3. The minimum Gasteiger partial charge on any atom is -0.366 e. The van der Waals surface area contributed by atoms with Gasteiger partial charge in [0.2, 0.25) is 23.6 Å². The second-order valence-electron chi connectivity index (χ2n) is 8.23. The number of carbonyl (C=O) groups excluding carboxylic acids is 3. The number of benzene rings is 1. The molecule has 32 heavy (non-hydrogen) atoms. The van der Waals surface area contributed by atoms with Crippen LogP contribution >= 0.6 is 0 Å². The van der Waals surface area contributed by atoms with Crippen LogP contribution < -0.4 is 16.4 Å². The van der Waals surface area contributed by atoms with E-state index >= 15 is 0 Å². The molecule has 1 aliphatic carbocycles. The molecule has 1 fully saturated rings. The average molecular weight is 445 g/mol. The van der Waals surface area contributed by atoms with E-state index in [4.69, 9.17) is 10.3 Å². The highest BCUT2D eigenvalue weighted by Gasteiger charge is 2.38. The van der Waals surface area contributed by atoms with Crippen molar-refractivity contribution in [1.29, 1.82) is 0 Å². The summed E-state index contributed by atoms with van der Waals surface area (Å²) < 4.78 is 19.4. The quantitative estimate of drug-likeness (QED) is 0.560. The Bertz CT molecular complexity index is 1010. The third kappa shape index (κ3) is 5.49. The van der Waals surface area contributed by atoms with Crippen LogP contribution in [0.1, 0.15) is 79.5 Å². The first-order valence-electron chi connectivity index (χ1n) is 10.7. The third-order valence-corrected chi connectivity index (χ3v) is 5.74. The summed E-state index contributed by atoms with van der Waals surface area (Å²) in [6.45, 7) is 2.96. The summed E-state index contributed by atoms with van der Waals surface area (Å²) in [4.78, 5) is 40.0. The molecule has 2 aromatic rings.